The lowest BCUT2D eigenvalue weighted by atomic mass is 10.2. The summed E-state index contributed by atoms with van der Waals surface area (Å²) in [4.78, 5) is 7.44. The van der Waals surface area contributed by atoms with Crippen molar-refractivity contribution in [2.75, 3.05) is 11.8 Å². The summed E-state index contributed by atoms with van der Waals surface area (Å²) in [6.45, 7) is 1.76. The second kappa shape index (κ2) is 7.56. The molecule has 1 aromatic carbocycles. The Balaban J connectivity index is 2.01. The number of pyridine rings is 1. The van der Waals surface area contributed by atoms with Gasteiger partial charge in [-0.2, -0.15) is 21.6 Å². The molecule has 12 heteroatoms. The minimum atomic E-state index is -4.63. The molecule has 1 N–H and O–H groups in total. The Morgan fingerprint density at radius 2 is 1.90 bits per heavy atom. The number of hydrogen-bond donors (Lipinski definition) is 1. The second-order valence-corrected chi connectivity index (χ2v) is 8.01. The summed E-state index contributed by atoms with van der Waals surface area (Å²) >= 11 is 5.93. The van der Waals surface area contributed by atoms with Gasteiger partial charge in [-0.1, -0.05) is 11.6 Å². The number of hydrogen-bond acceptors (Lipinski definition) is 5. The molecule has 0 radical (unpaired) electrons. The number of benzene rings is 1. The molecular weight excluding hydrogens is 433 g/mol. The lowest BCUT2D eigenvalue weighted by Gasteiger charge is -2.13. The van der Waals surface area contributed by atoms with Gasteiger partial charge in [0.05, 0.1) is 29.6 Å². The molecule has 0 spiro atoms. The highest BCUT2D eigenvalue weighted by atomic mass is 35.5. The van der Waals surface area contributed by atoms with Crippen LogP contribution in [0, 0.1) is 6.92 Å². The molecule has 0 unspecified atom stereocenters. The molecule has 7 nitrogen and oxygen atoms in total. The number of ether oxygens (including phenoxy) is 1. The largest absolute Gasteiger partial charge is 0.497 e. The van der Waals surface area contributed by atoms with E-state index < -0.39 is 21.8 Å². The Labute approximate surface area is 169 Å². The van der Waals surface area contributed by atoms with Gasteiger partial charge in [0.2, 0.25) is 0 Å². The molecule has 3 aromatic rings. The highest BCUT2D eigenvalue weighted by molar-refractivity contribution is 7.92. The predicted octanol–water partition coefficient (Wildman–Crippen LogP) is 4.06. The lowest BCUT2D eigenvalue weighted by molar-refractivity contribution is -0.137. The van der Waals surface area contributed by atoms with E-state index >= 15 is 0 Å². The molecule has 154 valence electrons. The van der Waals surface area contributed by atoms with Gasteiger partial charge >= 0.3 is 6.18 Å². The van der Waals surface area contributed by atoms with Crippen molar-refractivity contribution in [2.45, 2.75) is 18.1 Å². The molecular formula is C17H14ClF3N4O3S. The van der Waals surface area contributed by atoms with Gasteiger partial charge in [-0.3, -0.25) is 9.29 Å². The van der Waals surface area contributed by atoms with Gasteiger partial charge in [-0.15, -0.1) is 0 Å². The van der Waals surface area contributed by atoms with Crippen LogP contribution >= 0.6 is 11.6 Å². The number of anilines is 1. The van der Waals surface area contributed by atoms with E-state index in [1.807, 2.05) is 0 Å². The fourth-order valence-corrected chi connectivity index (χ4v) is 3.92. The number of imidazole rings is 1. The van der Waals surface area contributed by atoms with Crippen molar-refractivity contribution in [1.82, 2.24) is 14.5 Å². The van der Waals surface area contributed by atoms with E-state index in [0.717, 1.165) is 22.7 Å². The van der Waals surface area contributed by atoms with Crippen molar-refractivity contribution in [3.05, 3.63) is 59.1 Å². The molecule has 2 aromatic heterocycles. The summed E-state index contributed by atoms with van der Waals surface area (Å²) in [5.41, 5.74) is -0.0650. The van der Waals surface area contributed by atoms with Gasteiger partial charge < -0.3 is 4.74 Å². The number of nitrogens with zero attached hydrogens (tertiary/aromatic N) is 3. The van der Waals surface area contributed by atoms with E-state index in [1.165, 1.54) is 13.2 Å². The van der Waals surface area contributed by atoms with Crippen molar-refractivity contribution in [3.63, 3.8) is 0 Å². The highest BCUT2D eigenvalue weighted by Gasteiger charge is 2.32. The molecule has 0 fully saturated rings. The van der Waals surface area contributed by atoms with E-state index in [-0.39, 0.29) is 21.6 Å². The van der Waals surface area contributed by atoms with Gasteiger partial charge in [0.25, 0.3) is 10.0 Å². The first-order valence-corrected chi connectivity index (χ1v) is 9.81. The molecule has 0 saturated carbocycles. The Kier molecular flexibility index (Phi) is 5.46. The predicted molar refractivity (Wildman–Crippen MR) is 99.9 cm³/mol. The van der Waals surface area contributed by atoms with Crippen LogP contribution in [0.4, 0.5) is 18.9 Å². The van der Waals surface area contributed by atoms with Crippen LogP contribution in [0.25, 0.3) is 5.82 Å². The number of aryl methyl sites for hydroxylation is 1. The maximum Gasteiger partial charge on any atom is 0.417 e. The first-order chi connectivity index (χ1) is 13.5. The molecule has 29 heavy (non-hydrogen) atoms. The van der Waals surface area contributed by atoms with Crippen LogP contribution in [0.1, 0.15) is 11.1 Å². The summed E-state index contributed by atoms with van der Waals surface area (Å²) in [5, 5.41) is -0.737. The number of alkyl halides is 3. The van der Waals surface area contributed by atoms with Crippen LogP contribution in [0.3, 0.4) is 0 Å². The Morgan fingerprint density at radius 3 is 2.52 bits per heavy atom. The molecule has 0 aliphatic carbocycles. The molecule has 0 saturated heterocycles. The van der Waals surface area contributed by atoms with E-state index in [0.29, 0.717) is 18.0 Å². The number of rotatable bonds is 5. The maximum absolute atomic E-state index is 12.8. The number of methoxy groups -OCH3 is 1. The van der Waals surface area contributed by atoms with E-state index in [1.54, 1.807) is 19.1 Å². The zero-order valence-corrected chi connectivity index (χ0v) is 16.6. The first kappa shape index (κ1) is 20.9. The molecule has 0 atom stereocenters. The van der Waals surface area contributed by atoms with Crippen molar-refractivity contribution in [3.8, 4) is 11.6 Å². The van der Waals surface area contributed by atoms with Gasteiger partial charge in [0.15, 0.2) is 10.8 Å². The molecule has 2 heterocycles. The highest BCUT2D eigenvalue weighted by Crippen LogP contribution is 2.32. The third-order valence-electron chi connectivity index (χ3n) is 3.80. The molecule has 0 bridgehead atoms. The minimum Gasteiger partial charge on any atom is -0.497 e. The smallest absolute Gasteiger partial charge is 0.417 e. The van der Waals surface area contributed by atoms with Crippen LogP contribution in [-0.2, 0) is 16.2 Å². The monoisotopic (exact) mass is 446 g/mol. The van der Waals surface area contributed by atoms with Gasteiger partial charge in [-0.05, 0) is 30.7 Å². The number of nitrogens with one attached hydrogen (secondary N) is 1. The molecule has 0 aliphatic rings. The van der Waals surface area contributed by atoms with Crippen LogP contribution in [0.15, 0.2) is 48.0 Å². The number of halogens is 4. The van der Waals surface area contributed by atoms with Crippen LogP contribution in [0.2, 0.25) is 5.02 Å². The summed E-state index contributed by atoms with van der Waals surface area (Å²) in [6, 6.07) is 5.45. The SMILES string of the molecule is COc1cc(C)cc(NS(=O)(=O)c2cncn2-c2ncc(C(F)(F)F)cc2Cl)c1. The van der Waals surface area contributed by atoms with Crippen molar-refractivity contribution >= 4 is 27.3 Å². The third kappa shape index (κ3) is 4.46. The van der Waals surface area contributed by atoms with Gasteiger partial charge in [0, 0.05) is 12.3 Å². The topological polar surface area (TPSA) is 86.1 Å². The summed E-state index contributed by atoms with van der Waals surface area (Å²) in [7, 11) is -2.73. The normalized spacial score (nSPS) is 12.1. The maximum atomic E-state index is 12.8. The number of aromatic nitrogens is 3. The Hall–Kier alpha value is -2.79. The molecule has 3 rings (SSSR count). The molecule has 0 amide bonds. The van der Waals surface area contributed by atoms with Crippen molar-refractivity contribution in [2.24, 2.45) is 0 Å². The Morgan fingerprint density at radius 1 is 1.17 bits per heavy atom. The number of sulfonamides is 1. The first-order valence-electron chi connectivity index (χ1n) is 7.95. The quantitative estimate of drug-likeness (QED) is 0.638. The summed E-state index contributed by atoms with van der Waals surface area (Å²) < 4.78 is 72.6. The average molecular weight is 447 g/mol. The van der Waals surface area contributed by atoms with E-state index in [9.17, 15) is 21.6 Å². The van der Waals surface area contributed by atoms with E-state index in [2.05, 4.69) is 14.7 Å². The van der Waals surface area contributed by atoms with Crippen molar-refractivity contribution in [1.29, 1.82) is 0 Å². The van der Waals surface area contributed by atoms with Gasteiger partial charge in [0.1, 0.15) is 12.1 Å². The fraction of sp³-hybridized carbons (Fsp3) is 0.176. The molecule has 0 aliphatic heterocycles. The minimum absolute atomic E-state index is 0.209. The second-order valence-electron chi connectivity index (χ2n) is 5.97. The third-order valence-corrected chi connectivity index (χ3v) is 5.43. The van der Waals surface area contributed by atoms with Crippen LogP contribution in [-0.4, -0.2) is 30.1 Å². The standard InChI is InChI=1S/C17H14ClF3N4O3S/c1-10-3-12(6-13(4-10)28-2)24-29(26,27)15-8-22-9-25(15)16-14(18)5-11(7-23-16)17(19,20)21/h3-9,24H,1-2H3. The Bertz CT molecular complexity index is 1160. The fourth-order valence-electron chi connectivity index (χ4n) is 2.54. The van der Waals surface area contributed by atoms with Crippen molar-refractivity contribution < 1.29 is 26.3 Å². The zero-order valence-electron chi connectivity index (χ0n) is 15.0. The van der Waals surface area contributed by atoms with Gasteiger partial charge in [-0.25, -0.2) is 9.97 Å². The van der Waals surface area contributed by atoms with E-state index in [4.69, 9.17) is 16.3 Å². The average Bonchev–Trinajstić information content (AvgIpc) is 3.10. The summed E-state index contributed by atoms with van der Waals surface area (Å²) in [6.07, 6.45) is -1.95. The van der Waals surface area contributed by atoms with Crippen LogP contribution in [0.5, 0.6) is 5.75 Å². The lowest BCUT2D eigenvalue weighted by Crippen LogP contribution is -2.17. The summed E-state index contributed by atoms with van der Waals surface area (Å²) in [5.74, 6) is 0.239. The zero-order chi connectivity index (χ0) is 21.4. The van der Waals surface area contributed by atoms with Crippen LogP contribution < -0.4 is 9.46 Å².